The minimum atomic E-state index is -1.19. The highest BCUT2D eigenvalue weighted by Gasteiger charge is 2.39. The van der Waals surface area contributed by atoms with E-state index in [4.69, 9.17) is 5.11 Å². The number of carboxylic acid groups (broad SMARTS) is 1. The summed E-state index contributed by atoms with van der Waals surface area (Å²) in [7, 11) is 0. The molecule has 1 saturated carbocycles. The van der Waals surface area contributed by atoms with Crippen LogP contribution >= 0.6 is 11.3 Å². The van der Waals surface area contributed by atoms with Crippen molar-refractivity contribution in [3.05, 3.63) is 59.5 Å². The number of allylic oxidation sites excluding steroid dienone is 2. The summed E-state index contributed by atoms with van der Waals surface area (Å²) in [5.74, 6) is -1.46. The molecule has 6 heteroatoms. The van der Waals surface area contributed by atoms with E-state index in [1.54, 1.807) is 19.1 Å². The van der Waals surface area contributed by atoms with E-state index in [2.05, 4.69) is 0 Å². The number of aliphatic hydroxyl groups is 2. The van der Waals surface area contributed by atoms with Crippen LogP contribution in [-0.2, 0) is 15.2 Å². The Hall–Kier alpha value is -2.28. The van der Waals surface area contributed by atoms with Gasteiger partial charge in [0, 0.05) is 34.3 Å². The smallest absolute Gasteiger partial charge is 0.303 e. The maximum atomic E-state index is 12.4. The Kier molecular flexibility index (Phi) is 7.23. The van der Waals surface area contributed by atoms with E-state index in [0.29, 0.717) is 19.3 Å². The molecule has 3 N–H and O–H groups in total. The van der Waals surface area contributed by atoms with Gasteiger partial charge in [-0.3, -0.25) is 9.59 Å². The van der Waals surface area contributed by atoms with Crippen molar-refractivity contribution in [1.82, 2.24) is 0 Å². The van der Waals surface area contributed by atoms with Gasteiger partial charge < -0.3 is 15.3 Å². The molecule has 0 spiro atoms. The number of thiophene rings is 1. The normalized spacial score (nSPS) is 24.2. The minimum absolute atomic E-state index is 0.0221. The van der Waals surface area contributed by atoms with Crippen molar-refractivity contribution < 1.29 is 24.9 Å². The van der Waals surface area contributed by atoms with E-state index in [0.717, 1.165) is 15.0 Å². The first kappa shape index (κ1) is 22.4. The van der Waals surface area contributed by atoms with Gasteiger partial charge in [-0.25, -0.2) is 0 Å². The third-order valence-corrected chi connectivity index (χ3v) is 6.96. The number of hydrogen-bond acceptors (Lipinski definition) is 5. The number of carbonyl (C=O) groups excluding carboxylic acids is 1. The van der Waals surface area contributed by atoms with Gasteiger partial charge in [0.05, 0.1) is 6.10 Å². The van der Waals surface area contributed by atoms with Crippen molar-refractivity contribution in [2.24, 2.45) is 11.8 Å². The molecule has 1 fully saturated rings. The number of aliphatic carboxylic acids is 1. The summed E-state index contributed by atoms with van der Waals surface area (Å²) in [6.07, 6.45) is 8.48. The molecular formula is C24H28O5S. The Balaban J connectivity index is 1.67. The van der Waals surface area contributed by atoms with Crippen LogP contribution in [0.4, 0.5) is 0 Å². The second-order valence-corrected chi connectivity index (χ2v) is 9.15. The van der Waals surface area contributed by atoms with Gasteiger partial charge in [0.1, 0.15) is 11.4 Å². The Morgan fingerprint density at radius 1 is 1.30 bits per heavy atom. The Morgan fingerprint density at radius 3 is 2.80 bits per heavy atom. The Morgan fingerprint density at radius 2 is 2.07 bits per heavy atom. The standard InChI is InChI=1S/C24H28O5S/c1-24(29,22-14-16-8-6-7-10-21(16)30-22)13-12-18-17(19(25)15-20(18)26)9-4-2-3-5-11-23(27)28/h2,4,6-8,10,12-14,17-18,20,26,29H,3,5,9,11,15H2,1H3,(H,27,28)/b4-2-,13-12+/t17-,18-,20-,24-/m1/s1. The highest BCUT2D eigenvalue weighted by atomic mass is 32.1. The third kappa shape index (κ3) is 5.45. The summed E-state index contributed by atoms with van der Waals surface area (Å²) in [5.41, 5.74) is -1.19. The molecule has 0 radical (unpaired) electrons. The number of unbranched alkanes of at least 4 members (excludes halogenated alkanes) is 1. The van der Waals surface area contributed by atoms with Crippen molar-refractivity contribution >= 4 is 33.2 Å². The number of hydrogen-bond donors (Lipinski definition) is 3. The van der Waals surface area contributed by atoms with Gasteiger partial charge in [0.25, 0.3) is 0 Å². The van der Waals surface area contributed by atoms with Crippen LogP contribution < -0.4 is 0 Å². The van der Waals surface area contributed by atoms with E-state index >= 15 is 0 Å². The van der Waals surface area contributed by atoms with Crippen LogP contribution in [0.5, 0.6) is 0 Å². The third-order valence-electron chi connectivity index (χ3n) is 5.62. The van der Waals surface area contributed by atoms with E-state index in [1.807, 2.05) is 42.5 Å². The fourth-order valence-corrected chi connectivity index (χ4v) is 4.96. The topological polar surface area (TPSA) is 94.8 Å². The molecule has 0 aliphatic heterocycles. The van der Waals surface area contributed by atoms with Crippen molar-refractivity contribution in [1.29, 1.82) is 0 Å². The van der Waals surface area contributed by atoms with Crippen molar-refractivity contribution in [2.45, 2.75) is 50.7 Å². The van der Waals surface area contributed by atoms with Crippen LogP contribution in [0.2, 0.25) is 0 Å². The van der Waals surface area contributed by atoms with Crippen molar-refractivity contribution in [3.63, 3.8) is 0 Å². The molecule has 5 nitrogen and oxygen atoms in total. The van der Waals surface area contributed by atoms with Crippen LogP contribution in [0.25, 0.3) is 10.1 Å². The zero-order chi connectivity index (χ0) is 21.7. The monoisotopic (exact) mass is 428 g/mol. The maximum absolute atomic E-state index is 12.4. The molecule has 4 atom stereocenters. The molecule has 1 aromatic heterocycles. The van der Waals surface area contributed by atoms with Gasteiger partial charge in [0.2, 0.25) is 0 Å². The summed E-state index contributed by atoms with van der Waals surface area (Å²) in [4.78, 5) is 23.7. The first-order valence-electron chi connectivity index (χ1n) is 10.3. The van der Waals surface area contributed by atoms with Crippen molar-refractivity contribution in [2.75, 3.05) is 0 Å². The Labute approximate surface area is 180 Å². The number of fused-ring (bicyclic) bond motifs is 1. The lowest BCUT2D eigenvalue weighted by Gasteiger charge is -2.21. The molecule has 1 aliphatic rings. The molecule has 1 aromatic carbocycles. The fraction of sp³-hybridized carbons (Fsp3) is 0.417. The summed E-state index contributed by atoms with van der Waals surface area (Å²) < 4.78 is 1.10. The number of benzene rings is 1. The number of carbonyl (C=O) groups is 2. The number of aliphatic hydroxyl groups excluding tert-OH is 1. The second kappa shape index (κ2) is 9.69. The molecule has 0 unspecified atom stereocenters. The second-order valence-electron chi connectivity index (χ2n) is 8.07. The molecule has 30 heavy (non-hydrogen) atoms. The zero-order valence-corrected chi connectivity index (χ0v) is 17.8. The quantitative estimate of drug-likeness (QED) is 0.406. The number of ketones is 1. The summed E-state index contributed by atoms with van der Waals surface area (Å²) >= 11 is 1.53. The van der Waals surface area contributed by atoms with Crippen LogP contribution in [0.1, 0.15) is 43.9 Å². The predicted octanol–water partition coefficient (Wildman–Crippen LogP) is 4.43. The van der Waals surface area contributed by atoms with Crippen molar-refractivity contribution in [3.8, 4) is 0 Å². The molecule has 2 aromatic rings. The highest BCUT2D eigenvalue weighted by Crippen LogP contribution is 2.37. The molecule has 1 heterocycles. The van der Waals surface area contributed by atoms with Crippen LogP contribution in [0, 0.1) is 11.8 Å². The fourth-order valence-electron chi connectivity index (χ4n) is 3.87. The molecular weight excluding hydrogens is 400 g/mol. The van der Waals surface area contributed by atoms with E-state index < -0.39 is 17.7 Å². The summed E-state index contributed by atoms with van der Waals surface area (Å²) in [6, 6.07) is 9.92. The predicted molar refractivity (Wildman–Crippen MR) is 118 cm³/mol. The lowest BCUT2D eigenvalue weighted by molar-refractivity contribution is -0.137. The largest absolute Gasteiger partial charge is 0.481 e. The van der Waals surface area contributed by atoms with E-state index in [-0.39, 0.29) is 30.5 Å². The first-order chi connectivity index (χ1) is 14.3. The SMILES string of the molecule is C[C@@](O)(/C=C/[C@H]1[C@H](O)CC(=O)[C@@H]1C/C=C\CCCC(=O)O)c1cc2ccccc2s1. The van der Waals surface area contributed by atoms with Gasteiger partial charge in [-0.15, -0.1) is 11.3 Å². The molecule has 0 amide bonds. The Bertz CT molecular complexity index is 922. The van der Waals surface area contributed by atoms with Crippen LogP contribution in [0.15, 0.2) is 54.6 Å². The highest BCUT2D eigenvalue weighted by molar-refractivity contribution is 7.19. The van der Waals surface area contributed by atoms with E-state index in [9.17, 15) is 19.8 Å². The van der Waals surface area contributed by atoms with Gasteiger partial charge >= 0.3 is 5.97 Å². The molecule has 0 saturated heterocycles. The lowest BCUT2D eigenvalue weighted by Crippen LogP contribution is -2.21. The zero-order valence-electron chi connectivity index (χ0n) is 17.0. The number of Topliss-reactive ketones (excluding diaryl/α,β-unsaturated/α-hetero) is 1. The number of rotatable bonds is 9. The van der Waals surface area contributed by atoms with Gasteiger partial charge in [0.15, 0.2) is 0 Å². The van der Waals surface area contributed by atoms with Gasteiger partial charge in [-0.1, -0.05) is 42.5 Å². The summed E-state index contributed by atoms with van der Waals surface area (Å²) in [6.45, 7) is 1.72. The number of carboxylic acids is 1. The lowest BCUT2D eigenvalue weighted by atomic mass is 9.89. The maximum Gasteiger partial charge on any atom is 0.303 e. The molecule has 3 rings (SSSR count). The average Bonchev–Trinajstić information content (AvgIpc) is 3.24. The average molecular weight is 429 g/mol. The van der Waals surface area contributed by atoms with E-state index in [1.165, 1.54) is 11.3 Å². The van der Waals surface area contributed by atoms with Gasteiger partial charge in [-0.2, -0.15) is 0 Å². The van der Waals surface area contributed by atoms with Crippen LogP contribution in [0.3, 0.4) is 0 Å². The minimum Gasteiger partial charge on any atom is -0.481 e. The van der Waals surface area contributed by atoms with Gasteiger partial charge in [-0.05, 0) is 43.7 Å². The van der Waals surface area contributed by atoms with Crippen LogP contribution in [-0.4, -0.2) is 33.2 Å². The molecule has 160 valence electrons. The summed E-state index contributed by atoms with van der Waals surface area (Å²) in [5, 5.41) is 31.1. The molecule has 1 aliphatic carbocycles. The molecule has 0 bridgehead atoms. The first-order valence-corrected chi connectivity index (χ1v) is 11.1.